The van der Waals surface area contributed by atoms with Crippen LogP contribution in [-0.2, 0) is 16.1 Å². The highest BCUT2D eigenvalue weighted by Gasteiger charge is 2.38. The second-order valence-electron chi connectivity index (χ2n) is 7.83. The van der Waals surface area contributed by atoms with Crippen molar-refractivity contribution in [3.05, 3.63) is 63.7 Å². The molecule has 9 heteroatoms. The van der Waals surface area contributed by atoms with Gasteiger partial charge in [0.1, 0.15) is 11.6 Å². The Hall–Kier alpha value is -3.39. The van der Waals surface area contributed by atoms with E-state index in [1.807, 2.05) is 38.1 Å². The van der Waals surface area contributed by atoms with Crippen molar-refractivity contribution < 1.29 is 14.3 Å². The maximum atomic E-state index is 13.3. The number of anilines is 1. The summed E-state index contributed by atoms with van der Waals surface area (Å²) in [6.45, 7) is 5.03. The molecule has 2 aromatic carbocycles. The van der Waals surface area contributed by atoms with Gasteiger partial charge in [0.05, 0.1) is 35.7 Å². The third-order valence-electron chi connectivity index (χ3n) is 5.68. The minimum Gasteiger partial charge on any atom is -0.492 e. The van der Waals surface area contributed by atoms with Gasteiger partial charge in [0.15, 0.2) is 0 Å². The molecule has 3 aromatic rings. The highest BCUT2D eigenvalue weighted by atomic mass is 35.5. The molecule has 2 heterocycles. The fraction of sp³-hybridized carbons (Fsp3) is 0.333. The summed E-state index contributed by atoms with van der Waals surface area (Å²) in [5, 5.41) is 0.911. The normalized spacial score (nSPS) is 15.8. The van der Waals surface area contributed by atoms with E-state index < -0.39 is 5.92 Å². The van der Waals surface area contributed by atoms with Crippen LogP contribution < -0.4 is 15.2 Å². The number of aromatic amines is 1. The van der Waals surface area contributed by atoms with Gasteiger partial charge in [-0.25, -0.2) is 4.98 Å². The number of benzene rings is 2. The van der Waals surface area contributed by atoms with E-state index in [0.717, 1.165) is 0 Å². The minimum absolute atomic E-state index is 0.118. The Morgan fingerprint density at radius 2 is 2.03 bits per heavy atom. The zero-order valence-corrected chi connectivity index (χ0v) is 19.3. The van der Waals surface area contributed by atoms with Gasteiger partial charge >= 0.3 is 0 Å². The molecule has 1 atom stereocenters. The number of fused-ring (bicyclic) bond motifs is 1. The van der Waals surface area contributed by atoms with Gasteiger partial charge in [0, 0.05) is 24.5 Å². The Balaban J connectivity index is 1.53. The molecule has 0 spiro atoms. The number of amides is 2. The molecule has 1 aliphatic heterocycles. The van der Waals surface area contributed by atoms with Crippen LogP contribution in [0.3, 0.4) is 0 Å². The number of halogens is 1. The van der Waals surface area contributed by atoms with E-state index in [1.165, 1.54) is 0 Å². The minimum atomic E-state index is -0.492. The smallest absolute Gasteiger partial charge is 0.258 e. The van der Waals surface area contributed by atoms with Crippen LogP contribution in [-0.4, -0.2) is 46.4 Å². The van der Waals surface area contributed by atoms with E-state index >= 15 is 0 Å². The van der Waals surface area contributed by atoms with Crippen LogP contribution in [0.25, 0.3) is 10.9 Å². The number of rotatable bonds is 7. The molecular weight excluding hydrogens is 444 g/mol. The van der Waals surface area contributed by atoms with Crippen LogP contribution in [0.1, 0.15) is 26.1 Å². The lowest BCUT2D eigenvalue weighted by atomic mass is 10.1. The van der Waals surface area contributed by atoms with Crippen LogP contribution in [0.4, 0.5) is 5.69 Å². The molecule has 0 saturated carbocycles. The number of para-hydroxylation sites is 2. The van der Waals surface area contributed by atoms with Crippen LogP contribution in [0, 0.1) is 5.92 Å². The average molecular weight is 469 g/mol. The zero-order chi connectivity index (χ0) is 23.5. The van der Waals surface area contributed by atoms with Gasteiger partial charge < -0.3 is 19.5 Å². The van der Waals surface area contributed by atoms with E-state index in [1.54, 1.807) is 28.0 Å². The summed E-state index contributed by atoms with van der Waals surface area (Å²) in [6, 6.07) is 12.2. The molecule has 1 saturated heterocycles. The number of hydrogen-bond donors (Lipinski definition) is 1. The number of nitrogens with one attached hydrogen (secondary N) is 1. The topological polar surface area (TPSA) is 95.6 Å². The van der Waals surface area contributed by atoms with Gasteiger partial charge in [-0.05, 0) is 44.2 Å². The van der Waals surface area contributed by atoms with E-state index in [-0.39, 0.29) is 36.9 Å². The molecule has 0 radical (unpaired) electrons. The van der Waals surface area contributed by atoms with Crippen molar-refractivity contribution in [2.24, 2.45) is 5.92 Å². The molecular formula is C24H25ClN4O4. The van der Waals surface area contributed by atoms with E-state index in [4.69, 9.17) is 16.3 Å². The fourth-order valence-corrected chi connectivity index (χ4v) is 4.25. The van der Waals surface area contributed by atoms with Gasteiger partial charge in [-0.1, -0.05) is 23.7 Å². The van der Waals surface area contributed by atoms with Crippen molar-refractivity contribution in [1.82, 2.24) is 14.9 Å². The first-order valence-electron chi connectivity index (χ1n) is 10.9. The Bertz CT molecular complexity index is 1260. The third-order valence-corrected chi connectivity index (χ3v) is 5.92. The third kappa shape index (κ3) is 4.71. The van der Waals surface area contributed by atoms with Crippen LogP contribution in [0.15, 0.2) is 47.3 Å². The molecule has 1 N–H and O–H groups in total. The predicted octanol–water partition coefficient (Wildman–Crippen LogP) is 3.38. The molecule has 8 nitrogen and oxygen atoms in total. The molecule has 1 unspecified atom stereocenters. The lowest BCUT2D eigenvalue weighted by Gasteiger charge is -2.24. The Morgan fingerprint density at radius 1 is 1.24 bits per heavy atom. The van der Waals surface area contributed by atoms with Crippen molar-refractivity contribution in [3.8, 4) is 5.75 Å². The summed E-state index contributed by atoms with van der Waals surface area (Å²) in [7, 11) is 0. The van der Waals surface area contributed by atoms with Crippen molar-refractivity contribution in [2.75, 3.05) is 24.6 Å². The lowest BCUT2D eigenvalue weighted by Crippen LogP contribution is -2.37. The molecule has 1 fully saturated rings. The van der Waals surface area contributed by atoms with Crippen molar-refractivity contribution >= 4 is 40.0 Å². The molecule has 2 amide bonds. The molecule has 1 aromatic heterocycles. The SMILES string of the molecule is CCOc1ccccc1N1CC(C(=O)N(CC)Cc2nc3cc(Cl)ccc3c(=O)[nH]2)CC1=O. The zero-order valence-electron chi connectivity index (χ0n) is 18.5. The first-order valence-corrected chi connectivity index (χ1v) is 11.3. The van der Waals surface area contributed by atoms with Gasteiger partial charge in [-0.3, -0.25) is 14.4 Å². The second-order valence-corrected chi connectivity index (χ2v) is 8.27. The summed E-state index contributed by atoms with van der Waals surface area (Å²) in [5.41, 5.74) is 0.851. The number of H-pyrrole nitrogens is 1. The Labute approximate surface area is 196 Å². The molecule has 33 heavy (non-hydrogen) atoms. The number of nitrogens with zero attached hydrogens (tertiary/aromatic N) is 3. The Kier molecular flexibility index (Phi) is 6.65. The monoisotopic (exact) mass is 468 g/mol. The fourth-order valence-electron chi connectivity index (χ4n) is 4.08. The standard InChI is InChI=1S/C24H25ClN4O4/c1-3-28(14-21-26-18-12-16(25)9-10-17(18)23(31)27-21)24(32)15-11-22(30)29(13-15)19-7-5-6-8-20(19)33-4-2/h5-10,12,15H,3-4,11,13-14H2,1-2H3,(H,26,27,31). The predicted molar refractivity (Wildman–Crippen MR) is 127 cm³/mol. The maximum absolute atomic E-state index is 13.3. The summed E-state index contributed by atoms with van der Waals surface area (Å²) in [5.74, 6) is 0.214. The lowest BCUT2D eigenvalue weighted by molar-refractivity contribution is -0.136. The summed E-state index contributed by atoms with van der Waals surface area (Å²) in [6.07, 6.45) is 0.118. The highest BCUT2D eigenvalue weighted by Crippen LogP contribution is 2.33. The highest BCUT2D eigenvalue weighted by molar-refractivity contribution is 6.31. The first kappa shape index (κ1) is 22.8. The largest absolute Gasteiger partial charge is 0.492 e. The quantitative estimate of drug-likeness (QED) is 0.573. The van der Waals surface area contributed by atoms with E-state index in [2.05, 4.69) is 9.97 Å². The maximum Gasteiger partial charge on any atom is 0.258 e. The number of carbonyl (C=O) groups is 2. The number of aromatic nitrogens is 2. The van der Waals surface area contributed by atoms with Crippen LogP contribution in [0.2, 0.25) is 5.02 Å². The number of hydrogen-bond acceptors (Lipinski definition) is 5. The van der Waals surface area contributed by atoms with Crippen molar-refractivity contribution in [1.29, 1.82) is 0 Å². The van der Waals surface area contributed by atoms with Gasteiger partial charge in [-0.15, -0.1) is 0 Å². The summed E-state index contributed by atoms with van der Waals surface area (Å²) in [4.78, 5) is 48.9. The number of carbonyl (C=O) groups excluding carboxylic acids is 2. The summed E-state index contributed by atoms with van der Waals surface area (Å²) < 4.78 is 5.66. The molecule has 0 bridgehead atoms. The van der Waals surface area contributed by atoms with E-state index in [9.17, 15) is 14.4 Å². The summed E-state index contributed by atoms with van der Waals surface area (Å²) >= 11 is 6.04. The van der Waals surface area contributed by atoms with Gasteiger partial charge in [0.25, 0.3) is 5.56 Å². The van der Waals surface area contributed by atoms with Gasteiger partial charge in [0.2, 0.25) is 11.8 Å². The molecule has 172 valence electrons. The van der Waals surface area contributed by atoms with Crippen molar-refractivity contribution in [3.63, 3.8) is 0 Å². The second kappa shape index (κ2) is 9.62. The molecule has 1 aliphatic rings. The molecule has 4 rings (SSSR count). The average Bonchev–Trinajstić information content (AvgIpc) is 3.18. The number of ether oxygens (including phenoxy) is 1. The van der Waals surface area contributed by atoms with Gasteiger partial charge in [-0.2, -0.15) is 0 Å². The van der Waals surface area contributed by atoms with Crippen molar-refractivity contribution in [2.45, 2.75) is 26.8 Å². The first-order chi connectivity index (χ1) is 15.9. The van der Waals surface area contributed by atoms with E-state index in [0.29, 0.717) is 46.3 Å². The molecule has 0 aliphatic carbocycles. The van der Waals surface area contributed by atoms with Crippen LogP contribution >= 0.6 is 11.6 Å². The van der Waals surface area contributed by atoms with Crippen LogP contribution in [0.5, 0.6) is 5.75 Å². The Morgan fingerprint density at radius 3 is 2.79 bits per heavy atom.